The average molecular weight is 267 g/mol. The zero-order chi connectivity index (χ0) is 14.6. The molecule has 0 aliphatic carbocycles. The van der Waals surface area contributed by atoms with Crippen molar-refractivity contribution in [2.45, 2.75) is 19.3 Å². The van der Waals surface area contributed by atoms with Crippen molar-refractivity contribution in [2.24, 2.45) is 0 Å². The number of carbonyl (C=O) groups excluding carboxylic acids is 2. The van der Waals surface area contributed by atoms with Crippen LogP contribution in [-0.4, -0.2) is 12.2 Å². The molecule has 0 saturated carbocycles. The fourth-order valence-electron chi connectivity index (χ4n) is 1.96. The molecule has 3 nitrogen and oxygen atoms in total. The molecule has 0 spiro atoms. The number of aldehydes is 1. The van der Waals surface area contributed by atoms with Gasteiger partial charge in [0.1, 0.15) is 6.29 Å². The van der Waals surface area contributed by atoms with E-state index in [4.69, 9.17) is 0 Å². The van der Waals surface area contributed by atoms with Crippen LogP contribution in [0.15, 0.2) is 54.6 Å². The van der Waals surface area contributed by atoms with Crippen LogP contribution in [0.3, 0.4) is 0 Å². The van der Waals surface area contributed by atoms with Gasteiger partial charge in [-0.3, -0.25) is 9.59 Å². The summed E-state index contributed by atoms with van der Waals surface area (Å²) in [5, 5.41) is 2.86. The van der Waals surface area contributed by atoms with Gasteiger partial charge in [0.25, 0.3) is 0 Å². The normalized spacial score (nSPS) is 10.9. The smallest absolute Gasteiger partial charge is 0.234 e. The number of nitrogens with one attached hydrogen (secondary N) is 1. The zero-order valence-corrected chi connectivity index (χ0v) is 11.6. The predicted octanol–water partition coefficient (Wildman–Crippen LogP) is 3.42. The Morgan fingerprint density at radius 1 is 1.05 bits per heavy atom. The number of carbonyl (C=O) groups is 2. The Balaban J connectivity index is 2.21. The molecule has 102 valence electrons. The van der Waals surface area contributed by atoms with E-state index in [9.17, 15) is 9.59 Å². The van der Waals surface area contributed by atoms with Crippen LogP contribution in [0, 0.1) is 0 Å². The van der Waals surface area contributed by atoms with Gasteiger partial charge in [0.05, 0.1) is 5.41 Å². The maximum Gasteiger partial charge on any atom is 0.234 e. The van der Waals surface area contributed by atoms with Crippen molar-refractivity contribution in [1.29, 1.82) is 0 Å². The van der Waals surface area contributed by atoms with E-state index in [2.05, 4.69) is 5.32 Å². The lowest BCUT2D eigenvalue weighted by molar-refractivity contribution is -0.120. The van der Waals surface area contributed by atoms with Crippen molar-refractivity contribution in [1.82, 2.24) is 0 Å². The molecule has 0 bridgehead atoms. The lowest BCUT2D eigenvalue weighted by atomic mass is 9.83. The molecular weight excluding hydrogens is 250 g/mol. The number of hydrogen-bond acceptors (Lipinski definition) is 2. The molecule has 0 aliphatic heterocycles. The molecule has 20 heavy (non-hydrogen) atoms. The van der Waals surface area contributed by atoms with Gasteiger partial charge in [-0.05, 0) is 31.5 Å². The number of anilines is 1. The van der Waals surface area contributed by atoms with Crippen molar-refractivity contribution in [3.05, 3.63) is 65.7 Å². The number of benzene rings is 2. The minimum absolute atomic E-state index is 0.105. The lowest BCUT2D eigenvalue weighted by Gasteiger charge is -2.24. The molecule has 3 heteroatoms. The number of amides is 1. The first-order chi connectivity index (χ1) is 9.54. The summed E-state index contributed by atoms with van der Waals surface area (Å²) < 4.78 is 0. The van der Waals surface area contributed by atoms with Crippen LogP contribution in [-0.2, 0) is 10.2 Å². The van der Waals surface area contributed by atoms with Crippen molar-refractivity contribution in [3.63, 3.8) is 0 Å². The Labute approximate surface area is 118 Å². The maximum absolute atomic E-state index is 12.4. The second-order valence-electron chi connectivity index (χ2n) is 5.19. The Hall–Kier alpha value is -2.42. The summed E-state index contributed by atoms with van der Waals surface area (Å²) in [7, 11) is 0. The highest BCUT2D eigenvalue weighted by molar-refractivity contribution is 5.99. The van der Waals surface area contributed by atoms with Crippen LogP contribution < -0.4 is 5.32 Å². The third kappa shape index (κ3) is 2.94. The van der Waals surface area contributed by atoms with Crippen molar-refractivity contribution in [3.8, 4) is 0 Å². The Morgan fingerprint density at radius 3 is 2.40 bits per heavy atom. The van der Waals surface area contributed by atoms with E-state index in [1.54, 1.807) is 24.3 Å². The molecule has 0 unspecified atom stereocenters. The molecule has 0 radical (unpaired) electrons. The molecule has 2 rings (SSSR count). The monoisotopic (exact) mass is 267 g/mol. The minimum atomic E-state index is -0.640. The van der Waals surface area contributed by atoms with Crippen LogP contribution in [0.4, 0.5) is 5.69 Å². The van der Waals surface area contributed by atoms with Gasteiger partial charge in [0, 0.05) is 11.3 Å². The Bertz CT molecular complexity index is 618. The highest BCUT2D eigenvalue weighted by Crippen LogP contribution is 2.25. The first-order valence-corrected chi connectivity index (χ1v) is 6.46. The minimum Gasteiger partial charge on any atom is -0.325 e. The van der Waals surface area contributed by atoms with Crippen molar-refractivity contribution in [2.75, 3.05) is 5.32 Å². The van der Waals surface area contributed by atoms with Crippen LogP contribution in [0.25, 0.3) is 0 Å². The summed E-state index contributed by atoms with van der Waals surface area (Å²) in [6.45, 7) is 3.75. The van der Waals surface area contributed by atoms with Crippen molar-refractivity contribution >= 4 is 17.9 Å². The van der Waals surface area contributed by atoms with Gasteiger partial charge in [-0.1, -0.05) is 42.5 Å². The largest absolute Gasteiger partial charge is 0.325 e. The van der Waals surface area contributed by atoms with Gasteiger partial charge in [0.15, 0.2) is 0 Å². The van der Waals surface area contributed by atoms with E-state index in [0.717, 1.165) is 11.8 Å². The average Bonchev–Trinajstić information content (AvgIpc) is 2.48. The standard InChI is InChI=1S/C17H17NO2/c1-17(2,14-8-4-3-5-9-14)16(20)18-15-10-6-7-13(11-15)12-19/h3-12H,1-2H3,(H,18,20). The van der Waals surface area contributed by atoms with E-state index in [1.807, 2.05) is 44.2 Å². The van der Waals surface area contributed by atoms with Crippen LogP contribution in [0.2, 0.25) is 0 Å². The van der Waals surface area contributed by atoms with Gasteiger partial charge in [-0.2, -0.15) is 0 Å². The second-order valence-corrected chi connectivity index (χ2v) is 5.19. The Kier molecular flexibility index (Phi) is 3.99. The first kappa shape index (κ1) is 14.0. The maximum atomic E-state index is 12.4. The third-order valence-corrected chi connectivity index (χ3v) is 3.34. The van der Waals surface area contributed by atoms with Gasteiger partial charge in [0.2, 0.25) is 5.91 Å². The van der Waals surface area contributed by atoms with E-state index in [-0.39, 0.29) is 5.91 Å². The third-order valence-electron chi connectivity index (χ3n) is 3.34. The first-order valence-electron chi connectivity index (χ1n) is 6.46. The van der Waals surface area contributed by atoms with E-state index < -0.39 is 5.41 Å². The summed E-state index contributed by atoms with van der Waals surface area (Å²) in [6.07, 6.45) is 0.762. The fourth-order valence-corrected chi connectivity index (χ4v) is 1.96. The molecule has 0 aliphatic rings. The summed E-state index contributed by atoms with van der Waals surface area (Å²) in [4.78, 5) is 23.2. The molecular formula is C17H17NO2. The SMILES string of the molecule is CC(C)(C(=O)Nc1cccc(C=O)c1)c1ccccc1. The summed E-state index contributed by atoms with van der Waals surface area (Å²) in [6, 6.07) is 16.5. The van der Waals surface area contributed by atoms with E-state index >= 15 is 0 Å². The molecule has 0 saturated heterocycles. The highest BCUT2D eigenvalue weighted by atomic mass is 16.2. The van der Waals surface area contributed by atoms with Gasteiger partial charge in [-0.15, -0.1) is 0 Å². The highest BCUT2D eigenvalue weighted by Gasteiger charge is 2.29. The summed E-state index contributed by atoms with van der Waals surface area (Å²) in [5.41, 5.74) is 1.48. The number of rotatable bonds is 4. The van der Waals surface area contributed by atoms with Crippen LogP contribution in [0.1, 0.15) is 29.8 Å². The van der Waals surface area contributed by atoms with E-state index in [0.29, 0.717) is 11.3 Å². The van der Waals surface area contributed by atoms with Crippen LogP contribution in [0.5, 0.6) is 0 Å². The molecule has 0 heterocycles. The topological polar surface area (TPSA) is 46.2 Å². The molecule has 2 aromatic rings. The molecule has 0 fully saturated rings. The zero-order valence-electron chi connectivity index (χ0n) is 11.6. The second kappa shape index (κ2) is 5.70. The molecule has 1 amide bonds. The predicted molar refractivity (Wildman–Crippen MR) is 79.9 cm³/mol. The summed E-state index contributed by atoms with van der Waals surface area (Å²) >= 11 is 0. The number of hydrogen-bond donors (Lipinski definition) is 1. The molecule has 1 N–H and O–H groups in total. The van der Waals surface area contributed by atoms with E-state index in [1.165, 1.54) is 0 Å². The summed E-state index contributed by atoms with van der Waals surface area (Å²) in [5.74, 6) is -0.105. The van der Waals surface area contributed by atoms with Gasteiger partial charge < -0.3 is 5.32 Å². The van der Waals surface area contributed by atoms with Crippen molar-refractivity contribution < 1.29 is 9.59 Å². The quantitative estimate of drug-likeness (QED) is 0.863. The fraction of sp³-hybridized carbons (Fsp3) is 0.176. The lowest BCUT2D eigenvalue weighted by Crippen LogP contribution is -2.34. The molecule has 0 atom stereocenters. The molecule has 0 aromatic heterocycles. The molecule has 2 aromatic carbocycles. The van der Waals surface area contributed by atoms with Gasteiger partial charge in [-0.25, -0.2) is 0 Å². The Morgan fingerprint density at radius 2 is 1.75 bits per heavy atom. The van der Waals surface area contributed by atoms with Gasteiger partial charge >= 0.3 is 0 Å². The van der Waals surface area contributed by atoms with Crippen LogP contribution >= 0.6 is 0 Å².